The molecule has 3 N–H and O–H groups in total. The zero-order valence-corrected chi connectivity index (χ0v) is 15.1. The van der Waals surface area contributed by atoms with Gasteiger partial charge in [-0.3, -0.25) is 4.99 Å². The third-order valence-electron chi connectivity index (χ3n) is 4.42. The van der Waals surface area contributed by atoms with E-state index in [-0.39, 0.29) is 6.04 Å². The lowest BCUT2D eigenvalue weighted by Crippen LogP contribution is -2.40. The van der Waals surface area contributed by atoms with Crippen LogP contribution in [-0.4, -0.2) is 29.8 Å². The minimum Gasteiger partial charge on any atom is -0.459 e. The molecule has 1 aromatic heterocycles. The number of furan rings is 1. The molecule has 0 spiro atoms. The van der Waals surface area contributed by atoms with Gasteiger partial charge in [0.1, 0.15) is 11.3 Å². The summed E-state index contributed by atoms with van der Waals surface area (Å²) in [6.45, 7) is 9.16. The molecule has 1 aromatic carbocycles. The van der Waals surface area contributed by atoms with E-state index in [1.54, 1.807) is 0 Å². The normalized spacial score (nSPS) is 14.0. The summed E-state index contributed by atoms with van der Waals surface area (Å²) in [6, 6.07) is 10.00. The molecule has 0 aliphatic carbocycles. The smallest absolute Gasteiger partial charge is 0.191 e. The van der Waals surface area contributed by atoms with Gasteiger partial charge in [0, 0.05) is 11.9 Å². The SMILES string of the molecule is CCNC(=NCC(O)(CC)CC)NC(C)c1cc2ccccc2o1. The van der Waals surface area contributed by atoms with Crippen molar-refractivity contribution in [3.8, 4) is 0 Å². The first kappa shape index (κ1) is 18.3. The van der Waals surface area contributed by atoms with Crippen molar-refractivity contribution in [2.75, 3.05) is 13.1 Å². The van der Waals surface area contributed by atoms with E-state index in [0.717, 1.165) is 23.3 Å². The highest BCUT2D eigenvalue weighted by Gasteiger charge is 2.22. The zero-order chi connectivity index (χ0) is 17.6. The van der Waals surface area contributed by atoms with Crippen LogP contribution in [0.15, 0.2) is 39.7 Å². The summed E-state index contributed by atoms with van der Waals surface area (Å²) in [5.41, 5.74) is 0.139. The maximum absolute atomic E-state index is 10.4. The molecule has 0 radical (unpaired) electrons. The second-order valence-corrected chi connectivity index (χ2v) is 6.18. The van der Waals surface area contributed by atoms with Crippen LogP contribution in [0.3, 0.4) is 0 Å². The monoisotopic (exact) mass is 331 g/mol. The van der Waals surface area contributed by atoms with Crippen molar-refractivity contribution in [3.05, 3.63) is 36.1 Å². The second kappa shape index (κ2) is 8.20. The molecular weight excluding hydrogens is 302 g/mol. The van der Waals surface area contributed by atoms with Crippen LogP contribution in [-0.2, 0) is 0 Å². The lowest BCUT2D eigenvalue weighted by atomic mass is 9.98. The molecule has 0 fully saturated rings. The maximum Gasteiger partial charge on any atom is 0.191 e. The molecule has 5 nitrogen and oxygen atoms in total. The standard InChI is InChI=1S/C19H29N3O2/c1-5-19(23,6-2)13-21-18(20-7-3)22-14(4)17-12-15-10-8-9-11-16(15)24-17/h8-12,14,23H,5-7,13H2,1-4H3,(H2,20,21,22). The Morgan fingerprint density at radius 3 is 2.58 bits per heavy atom. The van der Waals surface area contributed by atoms with Gasteiger partial charge in [-0.05, 0) is 38.8 Å². The Hall–Kier alpha value is -2.01. The summed E-state index contributed by atoms with van der Waals surface area (Å²) in [5, 5.41) is 18.1. The molecule has 1 unspecified atom stereocenters. The molecule has 0 aliphatic heterocycles. The van der Waals surface area contributed by atoms with Gasteiger partial charge in [0.05, 0.1) is 18.2 Å². The van der Waals surface area contributed by atoms with Gasteiger partial charge in [-0.2, -0.15) is 0 Å². The number of fused-ring (bicyclic) bond motifs is 1. The molecule has 5 heteroatoms. The molecular formula is C19H29N3O2. The number of nitrogens with one attached hydrogen (secondary N) is 2. The van der Waals surface area contributed by atoms with Crippen molar-refractivity contribution in [3.63, 3.8) is 0 Å². The highest BCUT2D eigenvalue weighted by molar-refractivity contribution is 5.81. The summed E-state index contributed by atoms with van der Waals surface area (Å²) in [7, 11) is 0. The van der Waals surface area contributed by atoms with E-state index in [4.69, 9.17) is 4.42 Å². The lowest BCUT2D eigenvalue weighted by molar-refractivity contribution is 0.0417. The van der Waals surface area contributed by atoms with Gasteiger partial charge in [0.25, 0.3) is 0 Å². The largest absolute Gasteiger partial charge is 0.459 e. The molecule has 2 rings (SSSR count). The fourth-order valence-electron chi connectivity index (χ4n) is 2.51. The van der Waals surface area contributed by atoms with E-state index < -0.39 is 5.60 Å². The van der Waals surface area contributed by atoms with E-state index in [0.29, 0.717) is 25.3 Å². The molecule has 0 saturated heterocycles. The summed E-state index contributed by atoms with van der Waals surface area (Å²) in [5.74, 6) is 1.55. The number of rotatable bonds is 7. The highest BCUT2D eigenvalue weighted by Crippen LogP contribution is 2.23. The topological polar surface area (TPSA) is 69.8 Å². The van der Waals surface area contributed by atoms with E-state index in [1.807, 2.05) is 58.0 Å². The third kappa shape index (κ3) is 4.51. The Bertz CT molecular complexity index is 641. The molecule has 2 aromatic rings. The highest BCUT2D eigenvalue weighted by atomic mass is 16.3. The van der Waals surface area contributed by atoms with Crippen molar-refractivity contribution in [1.82, 2.24) is 10.6 Å². The van der Waals surface area contributed by atoms with Crippen molar-refractivity contribution < 1.29 is 9.52 Å². The summed E-state index contributed by atoms with van der Waals surface area (Å²) < 4.78 is 5.90. The minimum absolute atomic E-state index is 0.0217. The summed E-state index contributed by atoms with van der Waals surface area (Å²) >= 11 is 0. The number of benzene rings is 1. The van der Waals surface area contributed by atoms with E-state index in [9.17, 15) is 5.11 Å². The quantitative estimate of drug-likeness (QED) is 0.535. The number of nitrogens with zero attached hydrogens (tertiary/aromatic N) is 1. The number of para-hydroxylation sites is 1. The molecule has 1 heterocycles. The van der Waals surface area contributed by atoms with Crippen molar-refractivity contribution in [1.29, 1.82) is 0 Å². The predicted molar refractivity (Wildman–Crippen MR) is 99.3 cm³/mol. The van der Waals surface area contributed by atoms with Crippen LogP contribution in [0.1, 0.15) is 52.3 Å². The predicted octanol–water partition coefficient (Wildman–Crippen LogP) is 3.60. The number of hydrogen-bond acceptors (Lipinski definition) is 3. The molecule has 0 bridgehead atoms. The molecule has 1 atom stereocenters. The van der Waals surface area contributed by atoms with Gasteiger partial charge >= 0.3 is 0 Å². The lowest BCUT2D eigenvalue weighted by Gasteiger charge is -2.24. The number of hydrogen-bond donors (Lipinski definition) is 3. The molecule has 24 heavy (non-hydrogen) atoms. The fraction of sp³-hybridized carbons (Fsp3) is 0.526. The van der Waals surface area contributed by atoms with Gasteiger partial charge in [0.2, 0.25) is 0 Å². The van der Waals surface area contributed by atoms with Crippen LogP contribution < -0.4 is 10.6 Å². The van der Waals surface area contributed by atoms with E-state index in [2.05, 4.69) is 15.6 Å². The summed E-state index contributed by atoms with van der Waals surface area (Å²) in [4.78, 5) is 4.55. The maximum atomic E-state index is 10.4. The Morgan fingerprint density at radius 1 is 1.25 bits per heavy atom. The number of aliphatic hydroxyl groups is 1. The second-order valence-electron chi connectivity index (χ2n) is 6.18. The third-order valence-corrected chi connectivity index (χ3v) is 4.42. The average Bonchev–Trinajstić information content (AvgIpc) is 3.04. The van der Waals surface area contributed by atoms with Gasteiger partial charge in [-0.25, -0.2) is 0 Å². The number of aliphatic imine (C=N–C) groups is 1. The fourth-order valence-corrected chi connectivity index (χ4v) is 2.51. The molecule has 132 valence electrons. The van der Waals surface area contributed by atoms with Crippen LogP contribution in [0, 0.1) is 0 Å². The summed E-state index contributed by atoms with van der Waals surface area (Å²) in [6.07, 6.45) is 1.37. The van der Waals surface area contributed by atoms with E-state index in [1.165, 1.54) is 0 Å². The van der Waals surface area contributed by atoms with Crippen molar-refractivity contribution in [2.45, 2.75) is 52.2 Å². The Balaban J connectivity index is 2.11. The van der Waals surface area contributed by atoms with Gasteiger partial charge in [0.15, 0.2) is 5.96 Å². The minimum atomic E-state index is -0.745. The Morgan fingerprint density at radius 2 is 1.96 bits per heavy atom. The Kier molecular flexibility index (Phi) is 6.26. The average molecular weight is 331 g/mol. The van der Waals surface area contributed by atoms with Crippen molar-refractivity contribution >= 4 is 16.9 Å². The first-order chi connectivity index (χ1) is 11.5. The first-order valence-corrected chi connectivity index (χ1v) is 8.77. The van der Waals surface area contributed by atoms with Crippen LogP contribution >= 0.6 is 0 Å². The van der Waals surface area contributed by atoms with Crippen molar-refractivity contribution in [2.24, 2.45) is 4.99 Å². The molecule has 0 aliphatic rings. The van der Waals surface area contributed by atoms with Gasteiger partial charge in [-0.1, -0.05) is 32.0 Å². The molecule has 0 amide bonds. The molecule has 0 saturated carbocycles. The van der Waals surface area contributed by atoms with E-state index >= 15 is 0 Å². The van der Waals surface area contributed by atoms with Crippen LogP contribution in [0.4, 0.5) is 0 Å². The zero-order valence-electron chi connectivity index (χ0n) is 15.1. The van der Waals surface area contributed by atoms with Crippen LogP contribution in [0.5, 0.6) is 0 Å². The van der Waals surface area contributed by atoms with Crippen LogP contribution in [0.25, 0.3) is 11.0 Å². The van der Waals surface area contributed by atoms with Gasteiger partial charge < -0.3 is 20.2 Å². The first-order valence-electron chi connectivity index (χ1n) is 8.77. The van der Waals surface area contributed by atoms with Crippen LogP contribution in [0.2, 0.25) is 0 Å². The Labute approximate surface area is 144 Å². The number of guanidine groups is 1. The van der Waals surface area contributed by atoms with Gasteiger partial charge in [-0.15, -0.1) is 0 Å².